The maximum absolute atomic E-state index is 14.0. The van der Waals surface area contributed by atoms with Gasteiger partial charge >= 0.3 is 0 Å². The van der Waals surface area contributed by atoms with Crippen LogP contribution in [0, 0.1) is 0 Å². The van der Waals surface area contributed by atoms with Crippen molar-refractivity contribution < 1.29 is 9.59 Å². The van der Waals surface area contributed by atoms with Crippen molar-refractivity contribution >= 4 is 11.8 Å². The average Bonchev–Trinajstić information content (AvgIpc) is 3.15. The summed E-state index contributed by atoms with van der Waals surface area (Å²) < 4.78 is 2.04. The molecule has 0 saturated heterocycles. The second-order valence-electron chi connectivity index (χ2n) is 10.6. The molecule has 0 radical (unpaired) electrons. The van der Waals surface area contributed by atoms with Gasteiger partial charge in [-0.05, 0) is 55.0 Å². The molecule has 2 aliphatic rings. The van der Waals surface area contributed by atoms with E-state index in [1.807, 2.05) is 41.8 Å². The van der Waals surface area contributed by atoms with Gasteiger partial charge < -0.3 is 14.8 Å². The van der Waals surface area contributed by atoms with Crippen molar-refractivity contribution in [2.75, 3.05) is 0 Å². The highest BCUT2D eigenvalue weighted by Crippen LogP contribution is 2.34. The average molecular weight is 484 g/mol. The van der Waals surface area contributed by atoms with Crippen molar-refractivity contribution in [2.24, 2.45) is 0 Å². The van der Waals surface area contributed by atoms with Gasteiger partial charge in [0.25, 0.3) is 5.91 Å². The van der Waals surface area contributed by atoms with Crippen LogP contribution in [0.1, 0.15) is 74.0 Å². The lowest BCUT2D eigenvalue weighted by molar-refractivity contribution is -0.134. The molecule has 1 unspecified atom stereocenters. The van der Waals surface area contributed by atoms with Crippen LogP contribution in [0.4, 0.5) is 0 Å². The van der Waals surface area contributed by atoms with Gasteiger partial charge in [0.1, 0.15) is 11.2 Å². The minimum absolute atomic E-state index is 0.0497. The summed E-state index contributed by atoms with van der Waals surface area (Å²) in [7, 11) is 0. The van der Waals surface area contributed by atoms with E-state index < -0.39 is 5.54 Å². The van der Waals surface area contributed by atoms with E-state index in [4.69, 9.17) is 0 Å². The molecule has 2 aromatic carbocycles. The predicted molar refractivity (Wildman–Crippen MR) is 144 cm³/mol. The Balaban J connectivity index is 1.51. The number of benzene rings is 2. The molecular formula is C31H37N3O2. The molecule has 5 nitrogen and oxygen atoms in total. The van der Waals surface area contributed by atoms with Gasteiger partial charge in [0.2, 0.25) is 5.91 Å². The Morgan fingerprint density at radius 2 is 1.53 bits per heavy atom. The lowest BCUT2D eigenvalue weighted by Crippen LogP contribution is -2.64. The highest BCUT2D eigenvalue weighted by atomic mass is 16.2. The largest absolute Gasteiger partial charge is 0.351 e. The van der Waals surface area contributed by atoms with Crippen LogP contribution in [-0.2, 0) is 24.3 Å². The highest BCUT2D eigenvalue weighted by molar-refractivity contribution is 6.00. The number of aryl methyl sites for hydroxylation is 1. The lowest BCUT2D eigenvalue weighted by Gasteiger charge is -2.45. The SMILES string of the molecule is CCc1ccc(CN2C(=O)c3ccc(-c4ccccc4)n3CC2(C)C(=O)NC2CCCCCC2)cc1. The van der Waals surface area contributed by atoms with Crippen LogP contribution >= 0.6 is 0 Å². The zero-order valence-corrected chi connectivity index (χ0v) is 21.5. The second kappa shape index (κ2) is 10.3. The molecule has 5 rings (SSSR count). The van der Waals surface area contributed by atoms with Crippen molar-refractivity contribution in [3.63, 3.8) is 0 Å². The molecule has 1 atom stereocenters. The number of rotatable bonds is 6. The van der Waals surface area contributed by atoms with Gasteiger partial charge in [0, 0.05) is 18.3 Å². The maximum Gasteiger partial charge on any atom is 0.271 e. The summed E-state index contributed by atoms with van der Waals surface area (Å²) in [6.07, 6.45) is 7.75. The van der Waals surface area contributed by atoms with E-state index in [1.165, 1.54) is 18.4 Å². The number of nitrogens with zero attached hydrogens (tertiary/aromatic N) is 2. The number of fused-ring (bicyclic) bond motifs is 1. The number of carbonyl (C=O) groups is 2. The molecule has 1 fully saturated rings. The van der Waals surface area contributed by atoms with Gasteiger partial charge in [-0.1, -0.05) is 87.2 Å². The van der Waals surface area contributed by atoms with E-state index in [0.717, 1.165) is 48.9 Å². The van der Waals surface area contributed by atoms with E-state index in [9.17, 15) is 9.59 Å². The van der Waals surface area contributed by atoms with Crippen LogP contribution < -0.4 is 5.32 Å². The minimum Gasteiger partial charge on any atom is -0.351 e. The zero-order chi connectivity index (χ0) is 25.1. The molecule has 188 valence electrons. The van der Waals surface area contributed by atoms with Crippen molar-refractivity contribution in [2.45, 2.75) is 83.5 Å². The molecule has 1 saturated carbocycles. The first-order chi connectivity index (χ1) is 17.5. The molecule has 5 heteroatoms. The molecule has 2 amide bonds. The topological polar surface area (TPSA) is 54.3 Å². The molecule has 3 aromatic rings. The van der Waals surface area contributed by atoms with Gasteiger partial charge in [0.15, 0.2) is 0 Å². The summed E-state index contributed by atoms with van der Waals surface area (Å²) in [5.74, 6) is -0.146. The van der Waals surface area contributed by atoms with E-state index in [0.29, 0.717) is 18.8 Å². The second-order valence-corrected chi connectivity index (χ2v) is 10.6. The third-order valence-corrected chi connectivity index (χ3v) is 8.03. The molecule has 36 heavy (non-hydrogen) atoms. The Hall–Kier alpha value is -3.34. The molecule has 0 bridgehead atoms. The van der Waals surface area contributed by atoms with E-state index in [2.05, 4.69) is 48.6 Å². The van der Waals surface area contributed by atoms with E-state index >= 15 is 0 Å². The number of hydrogen-bond acceptors (Lipinski definition) is 2. The Labute approximate surface area is 214 Å². The van der Waals surface area contributed by atoms with E-state index in [-0.39, 0.29) is 17.9 Å². The number of carbonyl (C=O) groups excluding carboxylic acids is 2. The van der Waals surface area contributed by atoms with Crippen LogP contribution in [0.2, 0.25) is 0 Å². The summed E-state index contributed by atoms with van der Waals surface area (Å²) in [4.78, 5) is 29.8. The smallest absolute Gasteiger partial charge is 0.271 e. The van der Waals surface area contributed by atoms with Gasteiger partial charge in [-0.2, -0.15) is 0 Å². The first-order valence-electron chi connectivity index (χ1n) is 13.5. The van der Waals surface area contributed by atoms with E-state index in [1.54, 1.807) is 4.90 Å². The van der Waals surface area contributed by atoms with Gasteiger partial charge in [-0.25, -0.2) is 0 Å². The van der Waals surface area contributed by atoms with Crippen LogP contribution in [0.5, 0.6) is 0 Å². The molecule has 2 heterocycles. The minimum atomic E-state index is -0.998. The molecule has 0 spiro atoms. The van der Waals surface area contributed by atoms with Gasteiger partial charge in [-0.15, -0.1) is 0 Å². The quantitative estimate of drug-likeness (QED) is 0.439. The van der Waals surface area contributed by atoms with Crippen molar-refractivity contribution in [3.8, 4) is 11.3 Å². The first kappa shape index (κ1) is 24.4. The molecular weight excluding hydrogens is 446 g/mol. The summed E-state index contributed by atoms with van der Waals surface area (Å²) >= 11 is 0. The first-order valence-corrected chi connectivity index (χ1v) is 13.5. The van der Waals surface area contributed by atoms with Crippen LogP contribution in [0.25, 0.3) is 11.3 Å². The normalized spacial score (nSPS) is 20.6. The maximum atomic E-state index is 14.0. The molecule has 1 aliphatic carbocycles. The Bertz CT molecular complexity index is 1210. The molecule has 1 aliphatic heterocycles. The van der Waals surface area contributed by atoms with Crippen molar-refractivity contribution in [1.29, 1.82) is 0 Å². The van der Waals surface area contributed by atoms with Crippen molar-refractivity contribution in [3.05, 3.63) is 83.6 Å². The fourth-order valence-corrected chi connectivity index (χ4v) is 5.71. The number of nitrogens with one attached hydrogen (secondary N) is 1. The summed E-state index contributed by atoms with van der Waals surface area (Å²) in [5, 5.41) is 3.36. The fourth-order valence-electron chi connectivity index (χ4n) is 5.71. The van der Waals surface area contributed by atoms with Gasteiger partial charge in [-0.3, -0.25) is 9.59 Å². The fraction of sp³-hybridized carbons (Fsp3) is 0.419. The summed E-state index contributed by atoms with van der Waals surface area (Å²) in [5.41, 5.74) is 3.96. The standard InChI is InChI=1S/C31H37N3O2/c1-3-23-15-17-24(18-16-23)21-34-29(35)28-20-19-27(25-11-7-6-8-12-25)33(28)22-31(34,2)30(36)32-26-13-9-4-5-10-14-26/h6-8,11-12,15-20,26H,3-5,9-10,13-14,21-22H2,1-2H3,(H,32,36). The third-order valence-electron chi connectivity index (χ3n) is 8.03. The molecule has 1 N–H and O–H groups in total. The Morgan fingerprint density at radius 1 is 0.889 bits per heavy atom. The Kier molecular flexibility index (Phi) is 6.99. The third kappa shape index (κ3) is 4.71. The number of aromatic nitrogens is 1. The molecule has 1 aromatic heterocycles. The predicted octanol–water partition coefficient (Wildman–Crippen LogP) is 5.97. The Morgan fingerprint density at radius 3 is 2.19 bits per heavy atom. The summed E-state index contributed by atoms with van der Waals surface area (Å²) in [6.45, 7) is 4.91. The lowest BCUT2D eigenvalue weighted by atomic mass is 9.92. The van der Waals surface area contributed by atoms with Crippen molar-refractivity contribution in [1.82, 2.24) is 14.8 Å². The van der Waals surface area contributed by atoms with Crippen LogP contribution in [0.15, 0.2) is 66.7 Å². The van der Waals surface area contributed by atoms with Gasteiger partial charge in [0.05, 0.1) is 6.54 Å². The number of amides is 2. The number of hydrogen-bond donors (Lipinski definition) is 1. The summed E-state index contributed by atoms with van der Waals surface area (Å²) in [6, 6.07) is 22.6. The van der Waals surface area contributed by atoms with Crippen LogP contribution in [0.3, 0.4) is 0 Å². The highest BCUT2D eigenvalue weighted by Gasteiger charge is 2.48. The zero-order valence-electron chi connectivity index (χ0n) is 21.5. The van der Waals surface area contributed by atoms with Crippen LogP contribution in [-0.4, -0.2) is 32.9 Å². The monoisotopic (exact) mass is 483 g/mol.